The van der Waals surface area contributed by atoms with Crippen molar-refractivity contribution in [2.45, 2.75) is 45.1 Å². The van der Waals surface area contributed by atoms with E-state index in [0.29, 0.717) is 18.4 Å². The topological polar surface area (TPSA) is 63.3 Å². The van der Waals surface area contributed by atoms with Gasteiger partial charge in [0.1, 0.15) is 11.6 Å². The van der Waals surface area contributed by atoms with E-state index in [1.165, 1.54) is 6.07 Å². The number of nitrogens with two attached hydrogens (primary N) is 1. The van der Waals surface area contributed by atoms with Gasteiger partial charge in [-0.1, -0.05) is 13.3 Å². The Morgan fingerprint density at radius 1 is 1.40 bits per heavy atom. The molecule has 20 heavy (non-hydrogen) atoms. The van der Waals surface area contributed by atoms with Gasteiger partial charge in [-0.2, -0.15) is 0 Å². The van der Waals surface area contributed by atoms with Crippen molar-refractivity contribution in [3.8, 4) is 0 Å². The van der Waals surface area contributed by atoms with Crippen LogP contribution in [0, 0.1) is 17.6 Å². The Balaban J connectivity index is 2.33. The van der Waals surface area contributed by atoms with Gasteiger partial charge in [0.15, 0.2) is 0 Å². The lowest BCUT2D eigenvalue weighted by Gasteiger charge is -2.15. The number of hydrogen-bond acceptors (Lipinski definition) is 2. The summed E-state index contributed by atoms with van der Waals surface area (Å²) < 4.78 is 26.4. The molecule has 0 aromatic heterocycles. The molecule has 0 radical (unpaired) electrons. The van der Waals surface area contributed by atoms with E-state index in [1.807, 2.05) is 6.92 Å². The Morgan fingerprint density at radius 3 is 2.75 bits per heavy atom. The maximum absolute atomic E-state index is 13.4. The minimum atomic E-state index is -0.897. The zero-order valence-corrected chi connectivity index (χ0v) is 11.6. The minimum Gasteiger partial charge on any atom is -0.481 e. The molecular formula is C15H21F2NO2. The van der Waals surface area contributed by atoms with Crippen LogP contribution in [0.2, 0.25) is 0 Å². The van der Waals surface area contributed by atoms with Gasteiger partial charge in [0.25, 0.3) is 0 Å². The molecule has 0 aliphatic heterocycles. The molecule has 0 unspecified atom stereocenters. The molecule has 1 rings (SSSR count). The molecule has 112 valence electrons. The second kappa shape index (κ2) is 7.94. The number of rotatable bonds is 8. The molecule has 3 nitrogen and oxygen atoms in total. The van der Waals surface area contributed by atoms with Crippen LogP contribution in [0.3, 0.4) is 0 Å². The van der Waals surface area contributed by atoms with Crippen molar-refractivity contribution in [1.82, 2.24) is 0 Å². The average Bonchev–Trinajstić information content (AvgIpc) is 2.32. The number of halogens is 2. The molecule has 0 aliphatic rings. The molecular weight excluding hydrogens is 264 g/mol. The van der Waals surface area contributed by atoms with Crippen molar-refractivity contribution in [2.75, 3.05) is 0 Å². The van der Waals surface area contributed by atoms with E-state index in [9.17, 15) is 13.6 Å². The maximum atomic E-state index is 13.4. The van der Waals surface area contributed by atoms with E-state index in [-0.39, 0.29) is 24.2 Å². The van der Waals surface area contributed by atoms with E-state index in [4.69, 9.17) is 10.8 Å². The highest BCUT2D eigenvalue weighted by Crippen LogP contribution is 2.18. The van der Waals surface area contributed by atoms with Gasteiger partial charge in [0, 0.05) is 6.04 Å². The summed E-state index contributed by atoms with van der Waals surface area (Å²) in [5.41, 5.74) is 6.09. The summed E-state index contributed by atoms with van der Waals surface area (Å²) >= 11 is 0. The SMILES string of the molecule is C[C@H](CCCc1cc(F)ccc1F)C[C@H](N)CC(=O)O. The third-order valence-corrected chi connectivity index (χ3v) is 3.29. The van der Waals surface area contributed by atoms with Gasteiger partial charge in [-0.05, 0) is 48.9 Å². The molecule has 5 heteroatoms. The van der Waals surface area contributed by atoms with Crippen molar-refractivity contribution < 1.29 is 18.7 Å². The van der Waals surface area contributed by atoms with Crippen molar-refractivity contribution in [3.63, 3.8) is 0 Å². The molecule has 0 fully saturated rings. The van der Waals surface area contributed by atoms with Crippen molar-refractivity contribution in [2.24, 2.45) is 11.7 Å². The quantitative estimate of drug-likeness (QED) is 0.771. The summed E-state index contributed by atoms with van der Waals surface area (Å²) in [5.74, 6) is -1.45. The van der Waals surface area contributed by atoms with E-state index in [0.717, 1.165) is 25.0 Å². The fourth-order valence-corrected chi connectivity index (χ4v) is 2.32. The van der Waals surface area contributed by atoms with Gasteiger partial charge >= 0.3 is 5.97 Å². The highest BCUT2D eigenvalue weighted by molar-refractivity contribution is 5.67. The maximum Gasteiger partial charge on any atom is 0.304 e. The van der Waals surface area contributed by atoms with Gasteiger partial charge in [-0.3, -0.25) is 4.79 Å². The molecule has 2 atom stereocenters. The molecule has 0 saturated heterocycles. The third kappa shape index (κ3) is 6.10. The van der Waals surface area contributed by atoms with E-state index >= 15 is 0 Å². The zero-order valence-electron chi connectivity index (χ0n) is 11.6. The largest absolute Gasteiger partial charge is 0.481 e. The van der Waals surface area contributed by atoms with Gasteiger partial charge in [0.2, 0.25) is 0 Å². The fourth-order valence-electron chi connectivity index (χ4n) is 2.32. The summed E-state index contributed by atoms with van der Waals surface area (Å²) in [6, 6.07) is 3.10. The van der Waals surface area contributed by atoms with Gasteiger partial charge in [-0.15, -0.1) is 0 Å². The lowest BCUT2D eigenvalue weighted by atomic mass is 9.94. The zero-order chi connectivity index (χ0) is 15.1. The van der Waals surface area contributed by atoms with Crippen LogP contribution in [-0.4, -0.2) is 17.1 Å². The molecule has 0 amide bonds. The van der Waals surface area contributed by atoms with Gasteiger partial charge < -0.3 is 10.8 Å². The van der Waals surface area contributed by atoms with Gasteiger partial charge in [-0.25, -0.2) is 8.78 Å². The first-order chi connectivity index (χ1) is 9.38. The Kier molecular flexibility index (Phi) is 6.58. The van der Waals surface area contributed by atoms with Crippen LogP contribution in [0.15, 0.2) is 18.2 Å². The predicted molar refractivity (Wildman–Crippen MR) is 73.3 cm³/mol. The number of carboxylic acids is 1. The highest BCUT2D eigenvalue weighted by atomic mass is 19.1. The normalized spacial score (nSPS) is 14.0. The van der Waals surface area contributed by atoms with Crippen LogP contribution in [0.5, 0.6) is 0 Å². The fraction of sp³-hybridized carbons (Fsp3) is 0.533. The summed E-state index contributed by atoms with van der Waals surface area (Å²) in [6.07, 6.45) is 2.59. The molecule has 3 N–H and O–H groups in total. The summed E-state index contributed by atoms with van der Waals surface area (Å²) in [5, 5.41) is 8.62. The molecule has 1 aromatic carbocycles. The first-order valence-electron chi connectivity index (χ1n) is 6.79. The second-order valence-electron chi connectivity index (χ2n) is 5.33. The van der Waals surface area contributed by atoms with Crippen LogP contribution in [0.1, 0.15) is 38.2 Å². The van der Waals surface area contributed by atoms with Gasteiger partial charge in [0.05, 0.1) is 6.42 Å². The third-order valence-electron chi connectivity index (χ3n) is 3.29. The van der Waals surface area contributed by atoms with Crippen LogP contribution in [0.25, 0.3) is 0 Å². The van der Waals surface area contributed by atoms with E-state index in [2.05, 4.69) is 0 Å². The predicted octanol–water partition coefficient (Wildman–Crippen LogP) is 3.12. The summed E-state index contributed by atoms with van der Waals surface area (Å²) in [4.78, 5) is 10.5. The standard InChI is InChI=1S/C15H21F2NO2/c1-10(7-13(18)9-15(19)20)3-2-4-11-8-12(16)5-6-14(11)17/h5-6,8,10,13H,2-4,7,9,18H2,1H3,(H,19,20)/t10-,13+/m1/s1. The average molecular weight is 285 g/mol. The minimum absolute atomic E-state index is 0.0388. The molecule has 0 saturated carbocycles. The number of benzene rings is 1. The Morgan fingerprint density at radius 2 is 2.10 bits per heavy atom. The summed E-state index contributed by atoms with van der Waals surface area (Å²) in [7, 11) is 0. The summed E-state index contributed by atoms with van der Waals surface area (Å²) in [6.45, 7) is 1.99. The molecule has 0 heterocycles. The van der Waals surface area contributed by atoms with Crippen molar-refractivity contribution in [1.29, 1.82) is 0 Å². The lowest BCUT2D eigenvalue weighted by Crippen LogP contribution is -2.26. The molecule has 0 bridgehead atoms. The Bertz CT molecular complexity index is 451. The molecule has 1 aromatic rings. The number of aryl methyl sites for hydroxylation is 1. The van der Waals surface area contributed by atoms with Crippen LogP contribution >= 0.6 is 0 Å². The number of carbonyl (C=O) groups is 1. The van der Waals surface area contributed by atoms with Crippen molar-refractivity contribution >= 4 is 5.97 Å². The Hall–Kier alpha value is -1.49. The van der Waals surface area contributed by atoms with E-state index < -0.39 is 11.8 Å². The van der Waals surface area contributed by atoms with Crippen LogP contribution in [-0.2, 0) is 11.2 Å². The Labute approximate surface area is 117 Å². The van der Waals surface area contributed by atoms with Crippen LogP contribution < -0.4 is 5.73 Å². The first kappa shape index (κ1) is 16.6. The smallest absolute Gasteiger partial charge is 0.304 e. The highest BCUT2D eigenvalue weighted by Gasteiger charge is 2.13. The van der Waals surface area contributed by atoms with Crippen LogP contribution in [0.4, 0.5) is 8.78 Å². The number of aliphatic carboxylic acids is 1. The molecule has 0 spiro atoms. The monoisotopic (exact) mass is 285 g/mol. The number of carboxylic acid groups (broad SMARTS) is 1. The first-order valence-corrected chi connectivity index (χ1v) is 6.79. The van der Waals surface area contributed by atoms with E-state index in [1.54, 1.807) is 0 Å². The second-order valence-corrected chi connectivity index (χ2v) is 5.33. The lowest BCUT2D eigenvalue weighted by molar-refractivity contribution is -0.137. The van der Waals surface area contributed by atoms with Crippen molar-refractivity contribution in [3.05, 3.63) is 35.4 Å². The number of hydrogen-bond donors (Lipinski definition) is 2. The molecule has 0 aliphatic carbocycles.